The molecule has 11 aromatic rings. The van der Waals surface area contributed by atoms with Crippen LogP contribution in [0.25, 0.3) is 101 Å². The zero-order valence-electron chi connectivity index (χ0n) is 31.7. The molecule has 10 nitrogen and oxygen atoms in total. The van der Waals surface area contributed by atoms with Gasteiger partial charge in [0.15, 0.2) is 34.9 Å². The van der Waals surface area contributed by atoms with Gasteiger partial charge in [0.05, 0.1) is 21.8 Å². The van der Waals surface area contributed by atoms with Crippen LogP contribution in [0.3, 0.4) is 0 Å². The lowest BCUT2D eigenvalue weighted by Crippen LogP contribution is -2.21. The molecule has 11 rings (SSSR count). The SMILES string of the molecule is O=c1c2ccc(-c3nc(-c4ccccc4)nc(-c4ccccc4)n3)cc2n2c3c(-c4nc(-c5ccccc5)nc(-c5ccccc5)n4)cc(-c4ccccc4)cc3c(=O)n12. The largest absolute Gasteiger partial charge is 0.282 e. The van der Waals surface area contributed by atoms with Crippen molar-refractivity contribution >= 4 is 21.8 Å². The van der Waals surface area contributed by atoms with Crippen molar-refractivity contribution in [2.45, 2.75) is 0 Å². The molecule has 0 radical (unpaired) electrons. The molecule has 0 bridgehead atoms. The lowest BCUT2D eigenvalue weighted by Gasteiger charge is -2.11. The summed E-state index contributed by atoms with van der Waals surface area (Å²) < 4.78 is 2.89. The molecular weight excluding hydrogens is 745 g/mol. The standard InChI is InChI=1S/C50H30N8O2/c59-49-38-27-26-36(47-53-43(32-18-8-2-9-19-32)51-44(54-47)33-20-10-3-11-21-33)30-41(38)57-42-39(28-37(31-16-6-1-7-17-31)29-40(42)50(60)58(49)57)48-55-45(34-22-12-4-13-23-34)52-46(56-48)35-24-14-5-15-25-35/h1-30H. The van der Waals surface area contributed by atoms with Gasteiger partial charge >= 0.3 is 0 Å². The molecule has 0 atom stereocenters. The molecule has 0 aliphatic rings. The fourth-order valence-corrected chi connectivity index (χ4v) is 7.72. The van der Waals surface area contributed by atoms with Crippen LogP contribution in [0.15, 0.2) is 192 Å². The van der Waals surface area contributed by atoms with Gasteiger partial charge in [-0.15, -0.1) is 0 Å². The van der Waals surface area contributed by atoms with E-state index in [1.54, 1.807) is 10.6 Å². The van der Waals surface area contributed by atoms with Crippen LogP contribution in [-0.2, 0) is 0 Å². The first kappa shape index (κ1) is 34.7. The van der Waals surface area contributed by atoms with Crippen molar-refractivity contribution in [1.82, 2.24) is 38.9 Å². The van der Waals surface area contributed by atoms with Crippen LogP contribution < -0.4 is 11.1 Å². The van der Waals surface area contributed by atoms with Gasteiger partial charge in [0, 0.05) is 33.4 Å². The van der Waals surface area contributed by atoms with Gasteiger partial charge in [-0.3, -0.25) is 9.59 Å². The fourth-order valence-electron chi connectivity index (χ4n) is 7.72. The number of hydrogen-bond donors (Lipinski definition) is 0. The van der Waals surface area contributed by atoms with Gasteiger partial charge in [-0.1, -0.05) is 158 Å². The first-order valence-corrected chi connectivity index (χ1v) is 19.4. The third kappa shape index (κ3) is 5.90. The number of benzene rings is 7. The third-order valence-electron chi connectivity index (χ3n) is 10.6. The summed E-state index contributed by atoms with van der Waals surface area (Å²) in [7, 11) is 0. The van der Waals surface area contributed by atoms with Crippen LogP contribution >= 0.6 is 0 Å². The van der Waals surface area contributed by atoms with E-state index < -0.39 is 11.1 Å². The first-order chi connectivity index (χ1) is 29.6. The van der Waals surface area contributed by atoms with Crippen molar-refractivity contribution in [2.75, 3.05) is 0 Å². The Kier molecular flexibility index (Phi) is 8.19. The van der Waals surface area contributed by atoms with Gasteiger partial charge < -0.3 is 0 Å². The second kappa shape index (κ2) is 14.2. The molecule has 4 heterocycles. The van der Waals surface area contributed by atoms with Crippen LogP contribution in [0.2, 0.25) is 0 Å². The zero-order chi connectivity index (χ0) is 40.2. The predicted octanol–water partition coefficient (Wildman–Crippen LogP) is 9.54. The van der Waals surface area contributed by atoms with Gasteiger partial charge in [-0.25, -0.2) is 34.4 Å². The van der Waals surface area contributed by atoms with Crippen molar-refractivity contribution in [3.63, 3.8) is 0 Å². The molecule has 0 amide bonds. The van der Waals surface area contributed by atoms with Gasteiger partial charge in [0.2, 0.25) is 0 Å². The Morgan fingerprint density at radius 2 is 0.683 bits per heavy atom. The minimum absolute atomic E-state index is 0.344. The van der Waals surface area contributed by atoms with E-state index >= 15 is 0 Å². The number of hydrogen-bond acceptors (Lipinski definition) is 8. The lowest BCUT2D eigenvalue weighted by molar-refractivity contribution is 0.841. The molecule has 10 heteroatoms. The normalized spacial score (nSPS) is 11.5. The number of nitrogens with zero attached hydrogens (tertiary/aromatic N) is 8. The van der Waals surface area contributed by atoms with Crippen molar-refractivity contribution in [2.24, 2.45) is 0 Å². The van der Waals surface area contributed by atoms with Gasteiger partial charge in [-0.2, -0.15) is 4.52 Å². The molecule has 60 heavy (non-hydrogen) atoms. The zero-order valence-corrected chi connectivity index (χ0v) is 31.7. The molecule has 0 aliphatic heterocycles. The molecule has 0 saturated carbocycles. The Balaban J connectivity index is 1.21. The summed E-state index contributed by atoms with van der Waals surface area (Å²) in [5.74, 6) is 2.72. The van der Waals surface area contributed by atoms with E-state index in [1.165, 1.54) is 4.52 Å². The van der Waals surface area contributed by atoms with Crippen LogP contribution in [-0.4, -0.2) is 38.9 Å². The maximum Gasteiger partial charge on any atom is 0.282 e. The van der Waals surface area contributed by atoms with E-state index in [-0.39, 0.29) is 0 Å². The van der Waals surface area contributed by atoms with E-state index in [2.05, 4.69) is 0 Å². The molecule has 0 unspecified atom stereocenters. The second-order valence-corrected chi connectivity index (χ2v) is 14.3. The average molecular weight is 775 g/mol. The van der Waals surface area contributed by atoms with Crippen molar-refractivity contribution in [3.05, 3.63) is 203 Å². The summed E-state index contributed by atoms with van der Waals surface area (Å²) in [6.45, 7) is 0. The molecule has 0 saturated heterocycles. The summed E-state index contributed by atoms with van der Waals surface area (Å²) in [5, 5.41) is 0.707. The smallest absolute Gasteiger partial charge is 0.267 e. The first-order valence-electron chi connectivity index (χ1n) is 19.4. The number of rotatable bonds is 7. The molecular formula is C50H30N8O2. The maximum atomic E-state index is 14.6. The maximum absolute atomic E-state index is 14.6. The highest BCUT2D eigenvalue weighted by atomic mass is 16.2. The van der Waals surface area contributed by atoms with E-state index in [1.807, 2.05) is 176 Å². The van der Waals surface area contributed by atoms with Gasteiger partial charge in [0.25, 0.3) is 11.1 Å². The second-order valence-electron chi connectivity index (χ2n) is 14.3. The Morgan fingerprint density at radius 3 is 1.13 bits per heavy atom. The third-order valence-corrected chi connectivity index (χ3v) is 10.6. The number of fused-ring (bicyclic) bond motifs is 5. The highest BCUT2D eigenvalue weighted by molar-refractivity contribution is 6.00. The Hall–Kier alpha value is -8.50. The minimum Gasteiger partial charge on any atom is -0.267 e. The summed E-state index contributed by atoms with van der Waals surface area (Å²) in [4.78, 5) is 58.8. The molecule has 0 aliphatic carbocycles. The topological polar surface area (TPSA) is 120 Å². The van der Waals surface area contributed by atoms with E-state index in [9.17, 15) is 9.59 Å². The van der Waals surface area contributed by atoms with Crippen LogP contribution in [0.5, 0.6) is 0 Å². The molecule has 7 aromatic carbocycles. The van der Waals surface area contributed by atoms with Crippen molar-refractivity contribution < 1.29 is 0 Å². The molecule has 0 N–H and O–H groups in total. The van der Waals surface area contributed by atoms with Crippen LogP contribution in [0.1, 0.15) is 0 Å². The number of aromatic nitrogens is 8. The quantitative estimate of drug-likeness (QED) is 0.157. The van der Waals surface area contributed by atoms with Crippen LogP contribution in [0.4, 0.5) is 0 Å². The van der Waals surface area contributed by atoms with Crippen molar-refractivity contribution in [1.29, 1.82) is 0 Å². The van der Waals surface area contributed by atoms with Crippen molar-refractivity contribution in [3.8, 4) is 79.5 Å². The highest BCUT2D eigenvalue weighted by Crippen LogP contribution is 2.35. The summed E-state index contributed by atoms with van der Waals surface area (Å²) in [6, 6.07) is 58.0. The molecule has 0 fully saturated rings. The van der Waals surface area contributed by atoms with Crippen LogP contribution in [0, 0.1) is 0 Å². The van der Waals surface area contributed by atoms with E-state index in [4.69, 9.17) is 29.9 Å². The highest BCUT2D eigenvalue weighted by Gasteiger charge is 2.25. The lowest BCUT2D eigenvalue weighted by atomic mass is 9.99. The summed E-state index contributed by atoms with van der Waals surface area (Å²) >= 11 is 0. The Bertz CT molecular complexity index is 3390. The average Bonchev–Trinajstić information content (AvgIpc) is 3.79. The molecule has 282 valence electrons. The van der Waals surface area contributed by atoms with Gasteiger partial charge in [-0.05, 0) is 35.4 Å². The van der Waals surface area contributed by atoms with E-state index in [0.717, 1.165) is 33.4 Å². The Morgan fingerprint density at radius 1 is 0.300 bits per heavy atom. The Labute approximate surface area is 341 Å². The molecule has 4 aromatic heterocycles. The fraction of sp³-hybridized carbons (Fsp3) is 0. The monoisotopic (exact) mass is 774 g/mol. The summed E-state index contributed by atoms with van der Waals surface area (Å²) in [6.07, 6.45) is 0. The van der Waals surface area contributed by atoms with Gasteiger partial charge in [0.1, 0.15) is 0 Å². The molecule has 0 spiro atoms. The predicted molar refractivity (Wildman–Crippen MR) is 234 cm³/mol. The minimum atomic E-state index is -0.453. The summed E-state index contributed by atoms with van der Waals surface area (Å²) in [5.41, 5.74) is 6.24. The van der Waals surface area contributed by atoms with E-state index in [0.29, 0.717) is 67.9 Å².